The number of anilines is 1. The van der Waals surface area contributed by atoms with Crippen molar-refractivity contribution in [3.63, 3.8) is 0 Å². The molecule has 1 N–H and O–H groups in total. The molecule has 0 saturated carbocycles. The van der Waals surface area contributed by atoms with E-state index in [4.69, 9.17) is 5.11 Å². The lowest BCUT2D eigenvalue weighted by molar-refractivity contribution is -0.692. The molecule has 0 aliphatic carbocycles. The summed E-state index contributed by atoms with van der Waals surface area (Å²) in [6, 6.07) is 12.2. The van der Waals surface area contributed by atoms with Crippen LogP contribution in [0.4, 0.5) is 5.69 Å². The van der Waals surface area contributed by atoms with Gasteiger partial charge in [-0.25, -0.2) is 4.57 Å². The highest BCUT2D eigenvalue weighted by molar-refractivity contribution is 7.80. The molecule has 0 unspecified atom stereocenters. The molecule has 25 heavy (non-hydrogen) atoms. The third-order valence-electron chi connectivity index (χ3n) is 3.83. The number of rotatable bonds is 10. The van der Waals surface area contributed by atoms with E-state index in [2.05, 4.69) is 46.7 Å². The summed E-state index contributed by atoms with van der Waals surface area (Å²) < 4.78 is 2.10. The predicted molar refractivity (Wildman–Crippen MR) is 106 cm³/mol. The maximum absolute atomic E-state index is 10.3. The third-order valence-corrected chi connectivity index (χ3v) is 4.03. The molecule has 2 aromatic rings. The van der Waals surface area contributed by atoms with Crippen molar-refractivity contribution >= 4 is 30.5 Å². The lowest BCUT2D eigenvalue weighted by Gasteiger charge is -2.22. The van der Waals surface area contributed by atoms with Gasteiger partial charge in [0.25, 0.3) is 0 Å². The number of hydrogen-bond acceptors (Lipinski definition) is 5. The van der Waals surface area contributed by atoms with Crippen LogP contribution in [0.2, 0.25) is 0 Å². The van der Waals surface area contributed by atoms with Gasteiger partial charge >= 0.3 is 0 Å². The quantitative estimate of drug-likeness (QED) is 0.390. The second kappa shape index (κ2) is 10.6. The first kappa shape index (κ1) is 19.1. The maximum Gasteiger partial charge on any atom is 0.169 e. The average Bonchev–Trinajstić information content (AvgIpc) is 2.65. The fourth-order valence-corrected chi connectivity index (χ4v) is 2.72. The number of aliphatic hydroxyl groups is 1. The Balaban J connectivity index is 2.01. The molecule has 1 aromatic heterocycles. The van der Waals surface area contributed by atoms with E-state index in [0.717, 1.165) is 29.1 Å². The first-order valence-corrected chi connectivity index (χ1v) is 8.93. The second-order valence-corrected chi connectivity index (χ2v) is 6.03. The minimum Gasteiger partial charge on any atom is -0.395 e. The van der Waals surface area contributed by atoms with Gasteiger partial charge in [-0.05, 0) is 23.3 Å². The number of thiol groups is 1. The smallest absolute Gasteiger partial charge is 0.169 e. The molecule has 0 aliphatic rings. The number of benzene rings is 1. The molecule has 0 spiro atoms. The van der Waals surface area contributed by atoms with E-state index in [0.29, 0.717) is 13.1 Å². The van der Waals surface area contributed by atoms with Crippen LogP contribution in [0.25, 0.3) is 12.2 Å². The monoisotopic (exact) mass is 358 g/mol. The van der Waals surface area contributed by atoms with Gasteiger partial charge in [0.05, 0.1) is 13.2 Å². The SMILES string of the molecule is O=NCCN(CCO)c1ccc(/C=C/c2cc[n+](CCS)cc2)cc1. The van der Waals surface area contributed by atoms with E-state index >= 15 is 0 Å². The zero-order chi connectivity index (χ0) is 17.9. The molecule has 6 heteroatoms. The van der Waals surface area contributed by atoms with Gasteiger partial charge in [0, 0.05) is 36.7 Å². The highest BCUT2D eigenvalue weighted by Crippen LogP contribution is 2.16. The number of aryl methyl sites for hydroxylation is 1. The Bertz CT molecular complexity index is 672. The van der Waals surface area contributed by atoms with Crippen LogP contribution in [-0.4, -0.2) is 37.1 Å². The zero-order valence-electron chi connectivity index (χ0n) is 14.2. The molecule has 0 radical (unpaired) electrons. The largest absolute Gasteiger partial charge is 0.395 e. The Kier molecular flexibility index (Phi) is 8.15. The Morgan fingerprint density at radius 1 is 1.04 bits per heavy atom. The van der Waals surface area contributed by atoms with Crippen molar-refractivity contribution in [2.75, 3.05) is 36.9 Å². The molecule has 0 saturated heterocycles. The Morgan fingerprint density at radius 2 is 1.68 bits per heavy atom. The lowest BCUT2D eigenvalue weighted by Crippen LogP contribution is -2.33. The highest BCUT2D eigenvalue weighted by Gasteiger charge is 2.05. The first-order valence-electron chi connectivity index (χ1n) is 8.30. The summed E-state index contributed by atoms with van der Waals surface area (Å²) in [5, 5.41) is 12.0. The molecule has 5 nitrogen and oxygen atoms in total. The number of hydrogen-bond donors (Lipinski definition) is 2. The van der Waals surface area contributed by atoms with Gasteiger partial charge in [-0.3, -0.25) is 0 Å². The summed E-state index contributed by atoms with van der Waals surface area (Å²) in [5.74, 6) is 0.822. The number of aromatic nitrogens is 1. The fraction of sp³-hybridized carbons (Fsp3) is 0.316. The fourth-order valence-electron chi connectivity index (χ4n) is 2.49. The van der Waals surface area contributed by atoms with E-state index in [-0.39, 0.29) is 13.2 Å². The summed E-state index contributed by atoms with van der Waals surface area (Å²) in [7, 11) is 0. The van der Waals surface area contributed by atoms with Gasteiger partial charge in [0.2, 0.25) is 0 Å². The molecule has 0 atom stereocenters. The molecule has 0 bridgehead atoms. The molecule has 0 fully saturated rings. The van der Waals surface area contributed by atoms with E-state index in [9.17, 15) is 4.91 Å². The van der Waals surface area contributed by atoms with Gasteiger partial charge in [-0.15, -0.1) is 0 Å². The summed E-state index contributed by atoms with van der Waals surface area (Å²) in [4.78, 5) is 12.3. The summed E-state index contributed by atoms with van der Waals surface area (Å²) in [6.45, 7) is 2.15. The Morgan fingerprint density at radius 3 is 2.24 bits per heavy atom. The highest BCUT2D eigenvalue weighted by atomic mass is 32.1. The van der Waals surface area contributed by atoms with Crippen molar-refractivity contribution in [2.24, 2.45) is 5.18 Å². The van der Waals surface area contributed by atoms with Gasteiger partial charge in [0.1, 0.15) is 0 Å². The number of pyridine rings is 1. The minimum absolute atomic E-state index is 0.0434. The summed E-state index contributed by atoms with van der Waals surface area (Å²) in [5.41, 5.74) is 3.20. The van der Waals surface area contributed by atoms with Gasteiger partial charge < -0.3 is 10.0 Å². The Labute approximate surface area is 154 Å². The van der Waals surface area contributed by atoms with Crippen molar-refractivity contribution in [1.82, 2.24) is 0 Å². The molecule has 0 aliphatic heterocycles. The molecule has 1 heterocycles. The Hall–Kier alpha value is -2.18. The van der Waals surface area contributed by atoms with Crippen LogP contribution in [0.3, 0.4) is 0 Å². The summed E-state index contributed by atoms with van der Waals surface area (Å²) >= 11 is 4.23. The normalized spacial score (nSPS) is 11.0. The van der Waals surface area contributed by atoms with Crippen molar-refractivity contribution in [3.8, 4) is 0 Å². The average molecular weight is 358 g/mol. The van der Waals surface area contributed by atoms with Crippen LogP contribution in [0.5, 0.6) is 0 Å². The van der Waals surface area contributed by atoms with E-state index in [1.165, 1.54) is 0 Å². The molecule has 2 rings (SSSR count). The molecule has 132 valence electrons. The van der Waals surface area contributed by atoms with Crippen LogP contribution < -0.4 is 9.47 Å². The van der Waals surface area contributed by atoms with E-state index < -0.39 is 0 Å². The minimum atomic E-state index is 0.0434. The van der Waals surface area contributed by atoms with E-state index in [1.54, 1.807) is 0 Å². The van der Waals surface area contributed by atoms with Crippen LogP contribution in [0.15, 0.2) is 54.0 Å². The van der Waals surface area contributed by atoms with Crippen molar-refractivity contribution < 1.29 is 9.67 Å². The standard InChI is InChI=1S/C19H23N3O2S/c23-15-13-22(12-9-20-24)19-5-3-17(4-6-19)1-2-18-7-10-21(11-8-18)14-16-25/h1-8,10-11,23H,9,12-16H2/p+1. The molecular weight excluding hydrogens is 334 g/mol. The third kappa shape index (κ3) is 6.32. The maximum atomic E-state index is 10.3. The second-order valence-electron chi connectivity index (χ2n) is 5.58. The van der Waals surface area contributed by atoms with Crippen LogP contribution >= 0.6 is 12.6 Å². The van der Waals surface area contributed by atoms with Gasteiger partial charge in [-0.1, -0.05) is 29.5 Å². The summed E-state index contributed by atoms with van der Waals surface area (Å²) in [6.07, 6.45) is 8.23. The van der Waals surface area contributed by atoms with Gasteiger partial charge in [-0.2, -0.15) is 17.5 Å². The molecule has 1 aromatic carbocycles. The zero-order valence-corrected chi connectivity index (χ0v) is 15.1. The van der Waals surface area contributed by atoms with Crippen molar-refractivity contribution in [2.45, 2.75) is 6.54 Å². The topological polar surface area (TPSA) is 56.8 Å². The van der Waals surface area contributed by atoms with Crippen molar-refractivity contribution in [1.29, 1.82) is 0 Å². The number of nitroso groups, excluding NO2 is 1. The van der Waals surface area contributed by atoms with Crippen LogP contribution in [0.1, 0.15) is 11.1 Å². The van der Waals surface area contributed by atoms with Crippen molar-refractivity contribution in [3.05, 3.63) is 64.8 Å². The van der Waals surface area contributed by atoms with Crippen LogP contribution in [0, 0.1) is 4.91 Å². The predicted octanol–water partition coefficient (Wildman–Crippen LogP) is 2.64. The van der Waals surface area contributed by atoms with Gasteiger partial charge in [0.15, 0.2) is 18.9 Å². The number of nitrogens with zero attached hydrogens (tertiary/aromatic N) is 3. The van der Waals surface area contributed by atoms with Crippen LogP contribution in [-0.2, 0) is 6.54 Å². The number of aliphatic hydroxyl groups excluding tert-OH is 1. The van der Waals surface area contributed by atoms with E-state index in [1.807, 2.05) is 41.6 Å². The lowest BCUT2D eigenvalue weighted by atomic mass is 10.1. The molecular formula is C19H24N3O2S+. The molecule has 0 amide bonds. The first-order chi connectivity index (χ1) is 12.3.